The van der Waals surface area contributed by atoms with Gasteiger partial charge in [0.25, 0.3) is 0 Å². The number of pyridine rings is 1. The Kier molecular flexibility index (Phi) is 7.28. The van der Waals surface area contributed by atoms with Gasteiger partial charge in [0, 0.05) is 31.5 Å². The fourth-order valence-corrected chi connectivity index (χ4v) is 5.25. The van der Waals surface area contributed by atoms with Gasteiger partial charge in [0.05, 0.1) is 23.5 Å². The molecule has 2 aromatic rings. The molecule has 0 aliphatic carbocycles. The van der Waals surface area contributed by atoms with Gasteiger partial charge in [0.1, 0.15) is 4.90 Å². The van der Waals surface area contributed by atoms with Gasteiger partial charge in [-0.1, -0.05) is 30.0 Å². The number of nitrogens with zero attached hydrogens (tertiary/aromatic N) is 3. The van der Waals surface area contributed by atoms with Crippen LogP contribution < -0.4 is 4.90 Å². The number of morpholine rings is 1. The number of benzene rings is 1. The molecule has 0 spiro atoms. The van der Waals surface area contributed by atoms with E-state index in [1.807, 2.05) is 44.2 Å². The van der Waals surface area contributed by atoms with Gasteiger partial charge in [-0.2, -0.15) is 4.31 Å². The van der Waals surface area contributed by atoms with Gasteiger partial charge in [-0.25, -0.2) is 13.4 Å². The summed E-state index contributed by atoms with van der Waals surface area (Å²) in [5.74, 6) is -0.0180. The zero-order chi connectivity index (χ0) is 20.9. The maximum Gasteiger partial charge on any atom is 0.244 e. The van der Waals surface area contributed by atoms with Crippen LogP contribution in [0.4, 0.5) is 5.69 Å². The van der Waals surface area contributed by atoms with Crippen molar-refractivity contribution in [3.05, 3.63) is 48.7 Å². The lowest BCUT2D eigenvalue weighted by molar-refractivity contribution is -0.117. The molecule has 3 rings (SSSR count). The molecule has 1 aliphatic heterocycles. The predicted octanol–water partition coefficient (Wildman–Crippen LogP) is 2.64. The standard InChI is InChI=1S/C20H25N3O4S2/c1-3-23(17-7-5-4-6-8-17)20(24)16(2)28-19-10-9-18(15-21-19)29(25,26)22-11-13-27-14-12-22/h4-10,15-16H,3,11-14H2,1-2H3/t16-/m1/s1. The first-order valence-corrected chi connectivity index (χ1v) is 11.8. The molecule has 1 saturated heterocycles. The van der Waals surface area contributed by atoms with Crippen LogP contribution in [0, 0.1) is 0 Å². The van der Waals surface area contributed by atoms with E-state index in [1.54, 1.807) is 17.0 Å². The molecule has 0 radical (unpaired) electrons. The zero-order valence-electron chi connectivity index (χ0n) is 16.5. The minimum Gasteiger partial charge on any atom is -0.379 e. The number of sulfonamides is 1. The number of aromatic nitrogens is 1. The smallest absolute Gasteiger partial charge is 0.244 e. The minimum atomic E-state index is -3.57. The molecule has 1 fully saturated rings. The maximum absolute atomic E-state index is 12.9. The van der Waals surface area contributed by atoms with Crippen LogP contribution in [0.25, 0.3) is 0 Å². The molecule has 7 nitrogen and oxygen atoms in total. The number of carbonyl (C=O) groups excluding carboxylic acids is 1. The van der Waals surface area contributed by atoms with Gasteiger partial charge in [0.2, 0.25) is 15.9 Å². The first-order valence-electron chi connectivity index (χ1n) is 9.50. The number of hydrogen-bond donors (Lipinski definition) is 0. The second-order valence-corrected chi connectivity index (χ2v) is 9.83. The van der Waals surface area contributed by atoms with E-state index >= 15 is 0 Å². The summed E-state index contributed by atoms with van der Waals surface area (Å²) in [6.45, 7) is 5.82. The highest BCUT2D eigenvalue weighted by Crippen LogP contribution is 2.26. The van der Waals surface area contributed by atoms with Crippen molar-refractivity contribution in [3.8, 4) is 0 Å². The number of thioether (sulfide) groups is 1. The highest BCUT2D eigenvalue weighted by Gasteiger charge is 2.27. The molecule has 29 heavy (non-hydrogen) atoms. The molecule has 0 bridgehead atoms. The number of hydrogen-bond acceptors (Lipinski definition) is 6. The van der Waals surface area contributed by atoms with Gasteiger partial charge in [-0.15, -0.1) is 0 Å². The van der Waals surface area contributed by atoms with Crippen molar-refractivity contribution >= 4 is 33.4 Å². The number of carbonyl (C=O) groups is 1. The molecule has 1 aliphatic rings. The van der Waals surface area contributed by atoms with Crippen LogP contribution in [0.15, 0.2) is 58.6 Å². The Morgan fingerprint density at radius 2 is 1.90 bits per heavy atom. The Morgan fingerprint density at radius 1 is 1.21 bits per heavy atom. The van der Waals surface area contributed by atoms with Crippen LogP contribution in [0.1, 0.15) is 13.8 Å². The first kappa shape index (κ1) is 21.8. The molecular weight excluding hydrogens is 410 g/mol. The third-order valence-electron chi connectivity index (χ3n) is 4.61. The Labute approximate surface area is 176 Å². The first-order chi connectivity index (χ1) is 13.9. The van der Waals surface area contributed by atoms with Crippen LogP contribution >= 0.6 is 11.8 Å². The number of anilines is 1. The molecule has 1 aromatic heterocycles. The molecule has 0 saturated carbocycles. The third kappa shape index (κ3) is 5.16. The third-order valence-corrected chi connectivity index (χ3v) is 7.53. The lowest BCUT2D eigenvalue weighted by Gasteiger charge is -2.26. The summed E-state index contributed by atoms with van der Waals surface area (Å²) in [4.78, 5) is 19.0. The second-order valence-electron chi connectivity index (χ2n) is 6.53. The lowest BCUT2D eigenvalue weighted by Crippen LogP contribution is -2.40. The predicted molar refractivity (Wildman–Crippen MR) is 114 cm³/mol. The summed E-state index contributed by atoms with van der Waals surface area (Å²) in [5.41, 5.74) is 0.854. The Bertz CT molecular complexity index is 915. The van der Waals surface area contributed by atoms with Gasteiger partial charge >= 0.3 is 0 Å². The van der Waals surface area contributed by atoms with Crippen molar-refractivity contribution in [2.45, 2.75) is 29.0 Å². The summed E-state index contributed by atoms with van der Waals surface area (Å²) < 4.78 is 32.0. The molecule has 156 valence electrons. The fraction of sp³-hybridized carbons (Fsp3) is 0.400. The van der Waals surface area contributed by atoms with Crippen LogP contribution in [-0.2, 0) is 19.6 Å². The van der Waals surface area contributed by atoms with Crippen molar-refractivity contribution in [1.82, 2.24) is 9.29 Å². The fourth-order valence-electron chi connectivity index (χ4n) is 3.05. The van der Waals surface area contributed by atoms with E-state index in [0.29, 0.717) is 37.9 Å². The molecule has 1 amide bonds. The number of para-hydroxylation sites is 1. The summed E-state index contributed by atoms with van der Waals surface area (Å²) >= 11 is 1.31. The highest BCUT2D eigenvalue weighted by molar-refractivity contribution is 8.00. The molecule has 2 heterocycles. The minimum absolute atomic E-state index is 0.0180. The number of ether oxygens (including phenoxy) is 1. The summed E-state index contributed by atoms with van der Waals surface area (Å²) in [5, 5.41) is 0.250. The van der Waals surface area contributed by atoms with Crippen molar-refractivity contribution in [3.63, 3.8) is 0 Å². The lowest BCUT2D eigenvalue weighted by atomic mass is 10.2. The topological polar surface area (TPSA) is 79.8 Å². The van der Waals surface area contributed by atoms with Crippen molar-refractivity contribution in [1.29, 1.82) is 0 Å². The largest absolute Gasteiger partial charge is 0.379 e. The number of amides is 1. The average Bonchev–Trinajstić information content (AvgIpc) is 2.76. The summed E-state index contributed by atoms with van der Waals surface area (Å²) in [6, 6.07) is 12.7. The molecule has 0 N–H and O–H groups in total. The van der Waals surface area contributed by atoms with Crippen LogP contribution in [0.5, 0.6) is 0 Å². The molecule has 1 aromatic carbocycles. The Morgan fingerprint density at radius 3 is 2.48 bits per heavy atom. The molecule has 1 atom stereocenters. The van der Waals surface area contributed by atoms with Crippen molar-refractivity contribution in [2.24, 2.45) is 0 Å². The van der Waals surface area contributed by atoms with Gasteiger partial charge in [0.15, 0.2) is 0 Å². The van der Waals surface area contributed by atoms with E-state index in [4.69, 9.17) is 4.74 Å². The van der Waals surface area contributed by atoms with E-state index in [9.17, 15) is 13.2 Å². The van der Waals surface area contributed by atoms with E-state index in [2.05, 4.69) is 4.98 Å². The number of rotatable bonds is 7. The van der Waals surface area contributed by atoms with Gasteiger partial charge in [-0.3, -0.25) is 4.79 Å². The Hall–Kier alpha value is -1.94. The summed E-state index contributed by atoms with van der Waals surface area (Å²) in [7, 11) is -3.57. The Balaban J connectivity index is 1.68. The quantitative estimate of drug-likeness (QED) is 0.622. The molecular formula is C20H25N3O4S2. The van der Waals surface area contributed by atoms with Gasteiger partial charge < -0.3 is 9.64 Å². The van der Waals surface area contributed by atoms with Gasteiger partial charge in [-0.05, 0) is 38.1 Å². The summed E-state index contributed by atoms with van der Waals surface area (Å²) in [6.07, 6.45) is 1.36. The van der Waals surface area contributed by atoms with Crippen molar-refractivity contribution < 1.29 is 17.9 Å². The van der Waals surface area contributed by atoms with E-state index in [-0.39, 0.29) is 16.1 Å². The van der Waals surface area contributed by atoms with Crippen molar-refractivity contribution in [2.75, 3.05) is 37.7 Å². The average molecular weight is 436 g/mol. The van der Waals surface area contributed by atoms with E-state index in [1.165, 1.54) is 22.3 Å². The van der Waals surface area contributed by atoms with Crippen LogP contribution in [0.2, 0.25) is 0 Å². The van der Waals surface area contributed by atoms with Crippen LogP contribution in [0.3, 0.4) is 0 Å². The monoisotopic (exact) mass is 435 g/mol. The normalized spacial score (nSPS) is 16.3. The maximum atomic E-state index is 12.9. The van der Waals surface area contributed by atoms with E-state index in [0.717, 1.165) is 5.69 Å². The SMILES string of the molecule is CCN(C(=O)[C@@H](C)Sc1ccc(S(=O)(=O)N2CCOCC2)cn1)c1ccccc1. The molecule has 9 heteroatoms. The van der Waals surface area contributed by atoms with E-state index < -0.39 is 10.0 Å². The second kappa shape index (κ2) is 9.71. The molecule has 0 unspecified atom stereocenters. The zero-order valence-corrected chi connectivity index (χ0v) is 18.2. The highest BCUT2D eigenvalue weighted by atomic mass is 32.2. The van der Waals surface area contributed by atoms with Crippen LogP contribution in [-0.4, -0.2) is 61.7 Å².